The Morgan fingerprint density at radius 2 is 1.88 bits per heavy atom. The number of ether oxygens (including phenoxy) is 3. The van der Waals surface area contributed by atoms with Gasteiger partial charge in [-0.25, -0.2) is 0 Å². The Labute approximate surface area is 162 Å². The molecule has 7 heteroatoms. The van der Waals surface area contributed by atoms with E-state index in [0.717, 1.165) is 31.2 Å². The highest BCUT2D eigenvalue weighted by molar-refractivity contribution is 5.85. The maximum absolute atomic E-state index is 12.6. The van der Waals surface area contributed by atoms with Crippen molar-refractivity contribution in [2.75, 3.05) is 20.8 Å². The van der Waals surface area contributed by atoms with Crippen molar-refractivity contribution in [2.24, 2.45) is 11.7 Å². The molecule has 0 aromatic heterocycles. The quantitative estimate of drug-likeness (QED) is 0.752. The van der Waals surface area contributed by atoms with Gasteiger partial charge in [0, 0.05) is 12.1 Å². The molecule has 1 aliphatic rings. The number of rotatable bonds is 7. The van der Waals surface area contributed by atoms with E-state index in [1.54, 1.807) is 14.2 Å². The highest BCUT2D eigenvalue weighted by Gasteiger charge is 2.37. The van der Waals surface area contributed by atoms with Crippen molar-refractivity contribution < 1.29 is 19.0 Å². The molecule has 1 saturated carbocycles. The lowest BCUT2D eigenvalue weighted by Gasteiger charge is -2.37. The number of nitrogens with two attached hydrogens (primary N) is 1. The summed E-state index contributed by atoms with van der Waals surface area (Å²) in [5, 5.41) is 3.01. The van der Waals surface area contributed by atoms with Crippen LogP contribution in [0.4, 0.5) is 0 Å². The van der Waals surface area contributed by atoms with E-state index in [0.29, 0.717) is 30.4 Å². The van der Waals surface area contributed by atoms with E-state index in [-0.39, 0.29) is 24.2 Å². The van der Waals surface area contributed by atoms with Crippen LogP contribution in [0.5, 0.6) is 17.2 Å². The fraction of sp³-hybridized carbons (Fsp3) is 0.632. The molecule has 2 unspecified atom stereocenters. The molecule has 0 bridgehead atoms. The highest BCUT2D eigenvalue weighted by atomic mass is 35.5. The summed E-state index contributed by atoms with van der Waals surface area (Å²) in [5.41, 5.74) is 6.77. The van der Waals surface area contributed by atoms with Gasteiger partial charge in [-0.2, -0.15) is 0 Å². The van der Waals surface area contributed by atoms with Crippen molar-refractivity contribution in [3.63, 3.8) is 0 Å². The fourth-order valence-electron chi connectivity index (χ4n) is 3.42. The maximum atomic E-state index is 12.6. The van der Waals surface area contributed by atoms with Crippen LogP contribution >= 0.6 is 12.4 Å². The van der Waals surface area contributed by atoms with Crippen molar-refractivity contribution in [1.29, 1.82) is 0 Å². The van der Waals surface area contributed by atoms with Crippen molar-refractivity contribution in [1.82, 2.24) is 5.32 Å². The van der Waals surface area contributed by atoms with E-state index in [9.17, 15) is 4.79 Å². The number of carbonyl (C=O) groups is 1. The molecule has 0 saturated heterocycles. The first kappa shape index (κ1) is 22.4. The van der Waals surface area contributed by atoms with E-state index >= 15 is 0 Å². The summed E-state index contributed by atoms with van der Waals surface area (Å²) in [6.07, 6.45) is 3.87. The number of halogens is 1. The maximum Gasteiger partial charge on any atom is 0.225 e. The third-order valence-corrected chi connectivity index (χ3v) is 4.85. The van der Waals surface area contributed by atoms with Crippen LogP contribution in [0, 0.1) is 5.92 Å². The summed E-state index contributed by atoms with van der Waals surface area (Å²) in [4.78, 5) is 12.6. The van der Waals surface area contributed by atoms with Gasteiger partial charge in [-0.05, 0) is 44.4 Å². The SMILES string of the molecule is CCOc1c(OC)cc(CNC(=O)C2CCCCC2(C)N)cc1OC.Cl. The number of nitrogens with one attached hydrogen (secondary N) is 1. The standard InChI is InChI=1S/C19H30N2O4.ClH/c1-5-25-17-15(23-3)10-13(11-16(17)24-4)12-21-18(22)14-8-6-7-9-19(14,2)20;/h10-11,14H,5-9,12,20H2,1-4H3,(H,21,22);1H. The number of benzene rings is 1. The number of methoxy groups -OCH3 is 2. The Morgan fingerprint density at radius 3 is 2.38 bits per heavy atom. The summed E-state index contributed by atoms with van der Waals surface area (Å²) in [5.74, 6) is 1.62. The Balaban J connectivity index is 0.00000338. The first-order valence-electron chi connectivity index (χ1n) is 8.87. The van der Waals surface area contributed by atoms with Gasteiger partial charge in [0.1, 0.15) is 0 Å². The zero-order valence-electron chi connectivity index (χ0n) is 16.1. The van der Waals surface area contributed by atoms with Crippen LogP contribution in [0.25, 0.3) is 0 Å². The van der Waals surface area contributed by atoms with Crippen molar-refractivity contribution in [3.8, 4) is 17.2 Å². The van der Waals surface area contributed by atoms with E-state index in [4.69, 9.17) is 19.9 Å². The molecular formula is C19H31ClN2O4. The molecule has 1 aromatic carbocycles. The topological polar surface area (TPSA) is 82.8 Å². The van der Waals surface area contributed by atoms with Crippen LogP contribution in [-0.2, 0) is 11.3 Å². The lowest BCUT2D eigenvalue weighted by atomic mass is 9.74. The van der Waals surface area contributed by atoms with Crippen LogP contribution in [0.2, 0.25) is 0 Å². The van der Waals surface area contributed by atoms with Gasteiger partial charge in [0.05, 0.1) is 26.7 Å². The van der Waals surface area contributed by atoms with Crippen LogP contribution in [-0.4, -0.2) is 32.3 Å². The first-order chi connectivity index (χ1) is 11.9. The fourth-order valence-corrected chi connectivity index (χ4v) is 3.42. The summed E-state index contributed by atoms with van der Waals surface area (Å²) in [7, 11) is 3.17. The minimum atomic E-state index is -0.434. The van der Waals surface area contributed by atoms with Gasteiger partial charge in [0.25, 0.3) is 0 Å². The molecule has 3 N–H and O–H groups in total. The summed E-state index contributed by atoms with van der Waals surface area (Å²) < 4.78 is 16.4. The second-order valence-corrected chi connectivity index (χ2v) is 6.78. The van der Waals surface area contributed by atoms with Gasteiger partial charge < -0.3 is 25.3 Å². The van der Waals surface area contributed by atoms with Gasteiger partial charge in [-0.3, -0.25) is 4.79 Å². The average molecular weight is 387 g/mol. The van der Waals surface area contributed by atoms with E-state index in [2.05, 4.69) is 5.32 Å². The predicted molar refractivity (Wildman–Crippen MR) is 104 cm³/mol. The molecule has 6 nitrogen and oxygen atoms in total. The molecule has 26 heavy (non-hydrogen) atoms. The lowest BCUT2D eigenvalue weighted by molar-refractivity contribution is -0.128. The number of amides is 1. The van der Waals surface area contributed by atoms with E-state index in [1.807, 2.05) is 26.0 Å². The monoisotopic (exact) mass is 386 g/mol. The molecule has 2 rings (SSSR count). The third-order valence-electron chi connectivity index (χ3n) is 4.85. The molecule has 0 heterocycles. The minimum absolute atomic E-state index is 0. The Hall–Kier alpha value is -1.66. The molecule has 148 valence electrons. The lowest BCUT2D eigenvalue weighted by Crippen LogP contribution is -2.52. The number of hydrogen-bond donors (Lipinski definition) is 2. The Kier molecular flexibility index (Phi) is 8.50. The molecule has 1 aliphatic carbocycles. The largest absolute Gasteiger partial charge is 0.493 e. The highest BCUT2D eigenvalue weighted by Crippen LogP contribution is 2.38. The van der Waals surface area contributed by atoms with Crippen LogP contribution in [0.3, 0.4) is 0 Å². The van der Waals surface area contributed by atoms with Gasteiger partial charge >= 0.3 is 0 Å². The smallest absolute Gasteiger partial charge is 0.225 e. The Bertz CT molecular complexity index is 582. The molecule has 0 radical (unpaired) electrons. The molecular weight excluding hydrogens is 356 g/mol. The molecule has 1 fully saturated rings. The van der Waals surface area contributed by atoms with Crippen molar-refractivity contribution in [2.45, 2.75) is 51.6 Å². The average Bonchev–Trinajstić information content (AvgIpc) is 2.60. The Morgan fingerprint density at radius 1 is 1.27 bits per heavy atom. The number of hydrogen-bond acceptors (Lipinski definition) is 5. The van der Waals surface area contributed by atoms with Crippen molar-refractivity contribution in [3.05, 3.63) is 17.7 Å². The zero-order valence-corrected chi connectivity index (χ0v) is 16.9. The number of carbonyl (C=O) groups excluding carboxylic acids is 1. The summed E-state index contributed by atoms with van der Waals surface area (Å²) in [6, 6.07) is 3.71. The second kappa shape index (κ2) is 9.88. The zero-order chi connectivity index (χ0) is 18.4. The molecule has 1 aromatic rings. The normalized spacial score (nSPS) is 22.1. The molecule has 0 spiro atoms. The van der Waals surface area contributed by atoms with Crippen molar-refractivity contribution >= 4 is 18.3 Å². The van der Waals surface area contributed by atoms with Crippen LogP contribution in [0.15, 0.2) is 12.1 Å². The summed E-state index contributed by atoms with van der Waals surface area (Å²) in [6.45, 7) is 4.78. The van der Waals surface area contributed by atoms with Gasteiger partial charge in [0.2, 0.25) is 11.7 Å². The van der Waals surface area contributed by atoms with Gasteiger partial charge in [-0.1, -0.05) is 12.8 Å². The first-order valence-corrected chi connectivity index (χ1v) is 8.87. The van der Waals surface area contributed by atoms with Crippen LogP contribution in [0.1, 0.15) is 45.1 Å². The van der Waals surface area contributed by atoms with Gasteiger partial charge in [-0.15, -0.1) is 12.4 Å². The predicted octanol–water partition coefficient (Wildman–Crippen LogP) is 3.05. The van der Waals surface area contributed by atoms with E-state index < -0.39 is 5.54 Å². The van der Waals surface area contributed by atoms with E-state index in [1.165, 1.54) is 0 Å². The molecule has 2 atom stereocenters. The summed E-state index contributed by atoms with van der Waals surface area (Å²) >= 11 is 0. The second-order valence-electron chi connectivity index (χ2n) is 6.78. The van der Waals surface area contributed by atoms with Crippen LogP contribution < -0.4 is 25.3 Å². The van der Waals surface area contributed by atoms with Gasteiger partial charge in [0.15, 0.2) is 11.5 Å². The minimum Gasteiger partial charge on any atom is -0.493 e. The molecule has 0 aliphatic heterocycles. The third kappa shape index (κ3) is 5.17. The molecule has 1 amide bonds.